The molecule has 0 radical (unpaired) electrons. The van der Waals surface area contributed by atoms with Crippen LogP contribution >= 0.6 is 0 Å². The number of nitrogens with one attached hydrogen (secondary N) is 1. The van der Waals surface area contributed by atoms with Crippen LogP contribution in [0.25, 0.3) is 0 Å². The molecule has 19 heavy (non-hydrogen) atoms. The molecule has 0 atom stereocenters. The largest absolute Gasteiger partial charge is 0.394 e. The number of rotatable bonds is 4. The number of nitrogens with zero attached hydrogens (tertiary/aromatic N) is 1. The Hall–Kier alpha value is -1.10. The quantitative estimate of drug-likeness (QED) is 0.787. The van der Waals surface area contributed by atoms with Gasteiger partial charge in [0.1, 0.15) is 0 Å². The van der Waals surface area contributed by atoms with Gasteiger partial charge in [0, 0.05) is 13.0 Å². The summed E-state index contributed by atoms with van der Waals surface area (Å²) in [6.45, 7) is 3.00. The minimum absolute atomic E-state index is 0.0145. The van der Waals surface area contributed by atoms with Crippen molar-refractivity contribution >= 4 is 11.8 Å². The Bertz CT molecular complexity index is 349. The third-order valence-electron chi connectivity index (χ3n) is 4.44. The van der Waals surface area contributed by atoms with Crippen LogP contribution in [-0.4, -0.2) is 47.1 Å². The van der Waals surface area contributed by atoms with Gasteiger partial charge in [-0.3, -0.25) is 9.59 Å². The van der Waals surface area contributed by atoms with E-state index in [-0.39, 0.29) is 25.0 Å². The summed E-state index contributed by atoms with van der Waals surface area (Å²) >= 11 is 0. The van der Waals surface area contributed by atoms with E-state index in [1.807, 2.05) is 0 Å². The van der Waals surface area contributed by atoms with Crippen molar-refractivity contribution in [2.75, 3.05) is 19.7 Å². The molecule has 0 spiro atoms. The second-order valence-electron chi connectivity index (χ2n) is 6.09. The molecule has 0 aromatic rings. The first-order valence-corrected chi connectivity index (χ1v) is 7.24. The normalized spacial score (nSPS) is 31.6. The second-order valence-corrected chi connectivity index (χ2v) is 6.09. The summed E-state index contributed by atoms with van der Waals surface area (Å²) < 4.78 is 0. The van der Waals surface area contributed by atoms with Crippen LogP contribution in [0.4, 0.5) is 0 Å². The fourth-order valence-electron chi connectivity index (χ4n) is 3.02. The molecule has 2 fully saturated rings. The molecule has 0 aromatic heterocycles. The maximum absolute atomic E-state index is 12.0. The summed E-state index contributed by atoms with van der Waals surface area (Å²) in [5, 5.41) is 12.6. The van der Waals surface area contributed by atoms with Crippen LogP contribution in [0.1, 0.15) is 45.4 Å². The van der Waals surface area contributed by atoms with E-state index in [0.29, 0.717) is 18.9 Å². The predicted molar refractivity (Wildman–Crippen MR) is 71.4 cm³/mol. The standard InChI is InChI=1S/C14H24N2O3/c1-11-4-6-14(10-17,7-5-11)15-12(18)9-16-8-2-3-13(16)19/h11,17H,2-10H2,1H3,(H,15,18). The molecule has 2 aliphatic rings. The SMILES string of the molecule is CC1CCC(CO)(NC(=O)CN2CCCC2=O)CC1. The molecule has 0 aromatic carbocycles. The highest BCUT2D eigenvalue weighted by Crippen LogP contribution is 2.31. The summed E-state index contributed by atoms with van der Waals surface area (Å²) in [5.41, 5.74) is -0.466. The lowest BCUT2D eigenvalue weighted by Crippen LogP contribution is -2.55. The van der Waals surface area contributed by atoms with Crippen LogP contribution in [0.2, 0.25) is 0 Å². The van der Waals surface area contributed by atoms with Gasteiger partial charge in [-0.25, -0.2) is 0 Å². The van der Waals surface area contributed by atoms with Gasteiger partial charge in [-0.1, -0.05) is 6.92 Å². The molecule has 1 saturated heterocycles. The van der Waals surface area contributed by atoms with E-state index < -0.39 is 5.54 Å². The highest BCUT2D eigenvalue weighted by atomic mass is 16.3. The zero-order valence-electron chi connectivity index (χ0n) is 11.7. The Labute approximate surface area is 114 Å². The van der Waals surface area contributed by atoms with Gasteiger partial charge in [-0.15, -0.1) is 0 Å². The molecular formula is C14H24N2O3. The van der Waals surface area contributed by atoms with Crippen molar-refractivity contribution in [1.29, 1.82) is 0 Å². The highest BCUT2D eigenvalue weighted by molar-refractivity contribution is 5.86. The van der Waals surface area contributed by atoms with Crippen molar-refractivity contribution in [3.63, 3.8) is 0 Å². The van der Waals surface area contributed by atoms with Crippen molar-refractivity contribution in [3.8, 4) is 0 Å². The van der Waals surface area contributed by atoms with Gasteiger partial charge in [0.2, 0.25) is 11.8 Å². The molecule has 0 bridgehead atoms. The Balaban J connectivity index is 1.87. The van der Waals surface area contributed by atoms with Crippen LogP contribution in [0.3, 0.4) is 0 Å². The number of aliphatic hydroxyl groups excluding tert-OH is 1. The molecule has 2 N–H and O–H groups in total. The molecular weight excluding hydrogens is 244 g/mol. The van der Waals surface area contributed by atoms with Crippen molar-refractivity contribution < 1.29 is 14.7 Å². The summed E-state index contributed by atoms with van der Waals surface area (Å²) in [6, 6.07) is 0. The fourth-order valence-corrected chi connectivity index (χ4v) is 3.02. The van der Waals surface area contributed by atoms with Crippen LogP contribution in [-0.2, 0) is 9.59 Å². The first kappa shape index (κ1) is 14.3. The number of carbonyl (C=O) groups is 2. The summed E-state index contributed by atoms with van der Waals surface area (Å²) in [4.78, 5) is 25.1. The van der Waals surface area contributed by atoms with E-state index in [1.165, 1.54) is 0 Å². The van der Waals surface area contributed by atoms with Crippen molar-refractivity contribution in [2.45, 2.75) is 51.0 Å². The lowest BCUT2D eigenvalue weighted by Gasteiger charge is -2.39. The molecule has 5 heteroatoms. The van der Waals surface area contributed by atoms with E-state index in [1.54, 1.807) is 4.90 Å². The number of hydrogen-bond donors (Lipinski definition) is 2. The molecule has 1 aliphatic carbocycles. The molecule has 2 amide bonds. The third kappa shape index (κ3) is 3.47. The van der Waals surface area contributed by atoms with Gasteiger partial charge in [0.25, 0.3) is 0 Å². The first-order chi connectivity index (χ1) is 9.04. The molecule has 0 unspecified atom stereocenters. The summed E-state index contributed by atoms with van der Waals surface area (Å²) in [5.74, 6) is 0.584. The Kier molecular flexibility index (Phi) is 4.45. The van der Waals surface area contributed by atoms with Crippen molar-refractivity contribution in [2.24, 2.45) is 5.92 Å². The predicted octanol–water partition coefficient (Wildman–Crippen LogP) is 0.666. The van der Waals surface area contributed by atoms with E-state index in [4.69, 9.17) is 0 Å². The maximum Gasteiger partial charge on any atom is 0.240 e. The van der Waals surface area contributed by atoms with Gasteiger partial charge in [-0.2, -0.15) is 0 Å². The van der Waals surface area contributed by atoms with Gasteiger partial charge in [-0.05, 0) is 38.0 Å². The first-order valence-electron chi connectivity index (χ1n) is 7.24. The molecule has 5 nitrogen and oxygen atoms in total. The van der Waals surface area contributed by atoms with E-state index in [0.717, 1.165) is 32.1 Å². The third-order valence-corrected chi connectivity index (χ3v) is 4.44. The Morgan fingerprint density at radius 2 is 2.16 bits per heavy atom. The van der Waals surface area contributed by atoms with Crippen molar-refractivity contribution in [1.82, 2.24) is 10.2 Å². The van der Waals surface area contributed by atoms with Crippen LogP contribution in [0.5, 0.6) is 0 Å². The molecule has 1 aliphatic heterocycles. The van der Waals surface area contributed by atoms with Gasteiger partial charge in [0.15, 0.2) is 0 Å². The minimum atomic E-state index is -0.466. The fraction of sp³-hybridized carbons (Fsp3) is 0.857. The zero-order valence-corrected chi connectivity index (χ0v) is 11.7. The Morgan fingerprint density at radius 3 is 2.68 bits per heavy atom. The lowest BCUT2D eigenvalue weighted by molar-refractivity contribution is -0.134. The number of likely N-dealkylation sites (tertiary alicyclic amines) is 1. The van der Waals surface area contributed by atoms with Gasteiger partial charge < -0.3 is 15.3 Å². The number of carbonyl (C=O) groups excluding carboxylic acids is 2. The van der Waals surface area contributed by atoms with E-state index in [9.17, 15) is 14.7 Å². The average molecular weight is 268 g/mol. The van der Waals surface area contributed by atoms with Gasteiger partial charge in [0.05, 0.1) is 18.7 Å². The smallest absolute Gasteiger partial charge is 0.240 e. The number of aliphatic hydroxyl groups is 1. The van der Waals surface area contributed by atoms with Crippen LogP contribution in [0.15, 0.2) is 0 Å². The monoisotopic (exact) mass is 268 g/mol. The maximum atomic E-state index is 12.0. The summed E-state index contributed by atoms with van der Waals surface area (Å²) in [7, 11) is 0. The van der Waals surface area contributed by atoms with E-state index >= 15 is 0 Å². The molecule has 1 saturated carbocycles. The van der Waals surface area contributed by atoms with Crippen LogP contribution in [0, 0.1) is 5.92 Å². The zero-order chi connectivity index (χ0) is 13.9. The molecule has 108 valence electrons. The lowest BCUT2D eigenvalue weighted by atomic mass is 9.77. The number of hydrogen-bond acceptors (Lipinski definition) is 3. The summed E-state index contributed by atoms with van der Waals surface area (Å²) in [6.07, 6.45) is 5.10. The van der Waals surface area contributed by atoms with Crippen molar-refractivity contribution in [3.05, 3.63) is 0 Å². The second kappa shape index (κ2) is 5.90. The molecule has 1 heterocycles. The average Bonchev–Trinajstić information content (AvgIpc) is 2.78. The van der Waals surface area contributed by atoms with Crippen LogP contribution < -0.4 is 5.32 Å². The Morgan fingerprint density at radius 1 is 1.47 bits per heavy atom. The topological polar surface area (TPSA) is 69.6 Å². The number of amides is 2. The minimum Gasteiger partial charge on any atom is -0.394 e. The van der Waals surface area contributed by atoms with Gasteiger partial charge >= 0.3 is 0 Å². The molecule has 2 rings (SSSR count). The highest BCUT2D eigenvalue weighted by Gasteiger charge is 2.35. The van der Waals surface area contributed by atoms with E-state index in [2.05, 4.69) is 12.2 Å².